The first-order valence-corrected chi connectivity index (χ1v) is 24.8. The van der Waals surface area contributed by atoms with Crippen LogP contribution in [0.25, 0.3) is 115 Å². The largest absolute Gasteiger partial charge is 0.311 e. The fraction of sp³-hybridized carbons (Fsp3) is 0. The minimum Gasteiger partial charge on any atom is -0.311 e. The number of hydrogen-bond acceptors (Lipinski definition) is 1. The van der Waals surface area contributed by atoms with E-state index in [0.29, 0.717) is 0 Å². The molecule has 0 aliphatic heterocycles. The Morgan fingerprint density at radius 3 is 1.08 bits per heavy atom. The van der Waals surface area contributed by atoms with Crippen LogP contribution in [0.3, 0.4) is 0 Å². The van der Waals surface area contributed by atoms with Gasteiger partial charge in [-0.05, 0) is 154 Å². The molecule has 0 N–H and O–H groups in total. The second-order valence-electron chi connectivity index (χ2n) is 18.8. The standard InChI is InChI=1S/C70H46N2/c1-2-14-59-52(12-1)13-11-21-60(59)53-30-28-48(29-31-53)50-34-39-56(40-35-50)71(57-41-43-58(44-42-57)72-69-22-9-7-19-66(69)67-20-8-10-23-70(67)72)55-37-32-49(33-38-55)47-24-26-51(27-25-47)54-36-45-65-63-17-4-3-15-61(63)62-16-5-6-18-64(62)68(65)46-54/h1-46H. The predicted molar refractivity (Wildman–Crippen MR) is 307 cm³/mol. The topological polar surface area (TPSA) is 8.17 Å². The number of anilines is 3. The number of nitrogens with zero attached hydrogens (tertiary/aromatic N) is 2. The van der Waals surface area contributed by atoms with Crippen molar-refractivity contribution in [3.05, 3.63) is 279 Å². The molecular weight excluding hydrogens is 869 g/mol. The molecule has 13 aromatic carbocycles. The van der Waals surface area contributed by atoms with Gasteiger partial charge in [0.1, 0.15) is 0 Å². The van der Waals surface area contributed by atoms with Crippen molar-refractivity contribution in [3.8, 4) is 50.2 Å². The van der Waals surface area contributed by atoms with Crippen LogP contribution < -0.4 is 4.90 Å². The molecule has 0 bridgehead atoms. The molecule has 0 unspecified atom stereocenters. The van der Waals surface area contributed by atoms with E-state index in [-0.39, 0.29) is 0 Å². The molecule has 0 saturated carbocycles. The Morgan fingerprint density at radius 2 is 0.569 bits per heavy atom. The van der Waals surface area contributed by atoms with E-state index in [2.05, 4.69) is 289 Å². The Balaban J connectivity index is 0.797. The van der Waals surface area contributed by atoms with Crippen molar-refractivity contribution < 1.29 is 0 Å². The van der Waals surface area contributed by atoms with Gasteiger partial charge in [-0.15, -0.1) is 0 Å². The molecule has 2 nitrogen and oxygen atoms in total. The van der Waals surface area contributed by atoms with Crippen LogP contribution >= 0.6 is 0 Å². The van der Waals surface area contributed by atoms with Crippen LogP contribution in [0.15, 0.2) is 279 Å². The van der Waals surface area contributed by atoms with Crippen molar-refractivity contribution >= 4 is 82.0 Å². The number of fused-ring (bicyclic) bond motifs is 10. The molecule has 0 spiro atoms. The number of para-hydroxylation sites is 2. The summed E-state index contributed by atoms with van der Waals surface area (Å²) >= 11 is 0. The molecule has 0 amide bonds. The van der Waals surface area contributed by atoms with E-state index in [9.17, 15) is 0 Å². The Bertz CT molecular complexity index is 4240. The molecule has 0 fully saturated rings. The number of rotatable bonds is 8. The van der Waals surface area contributed by atoms with Gasteiger partial charge in [0.15, 0.2) is 0 Å². The van der Waals surface area contributed by atoms with E-state index in [1.807, 2.05) is 0 Å². The quantitative estimate of drug-likeness (QED) is 0.138. The minimum absolute atomic E-state index is 1.08. The summed E-state index contributed by atoms with van der Waals surface area (Å²) in [5, 5.41) is 12.8. The van der Waals surface area contributed by atoms with Crippen LogP contribution in [0.5, 0.6) is 0 Å². The van der Waals surface area contributed by atoms with Crippen molar-refractivity contribution in [2.45, 2.75) is 0 Å². The first-order chi connectivity index (χ1) is 35.7. The second-order valence-corrected chi connectivity index (χ2v) is 18.8. The smallest absolute Gasteiger partial charge is 0.0541 e. The van der Waals surface area contributed by atoms with Gasteiger partial charge in [-0.3, -0.25) is 0 Å². The average Bonchev–Trinajstić information content (AvgIpc) is 3.80. The third-order valence-corrected chi connectivity index (χ3v) is 14.8. The summed E-state index contributed by atoms with van der Waals surface area (Å²) in [7, 11) is 0. The van der Waals surface area contributed by atoms with Crippen LogP contribution in [-0.4, -0.2) is 4.57 Å². The second kappa shape index (κ2) is 17.2. The van der Waals surface area contributed by atoms with Gasteiger partial charge in [0.25, 0.3) is 0 Å². The molecule has 1 heterocycles. The molecule has 0 radical (unpaired) electrons. The van der Waals surface area contributed by atoms with Gasteiger partial charge in [0.2, 0.25) is 0 Å². The zero-order valence-corrected chi connectivity index (χ0v) is 39.5. The van der Waals surface area contributed by atoms with Gasteiger partial charge in [-0.1, -0.05) is 212 Å². The van der Waals surface area contributed by atoms with Crippen molar-refractivity contribution in [3.63, 3.8) is 0 Å². The van der Waals surface area contributed by atoms with E-state index in [4.69, 9.17) is 0 Å². The zero-order chi connectivity index (χ0) is 47.5. The first kappa shape index (κ1) is 41.5. The molecule has 0 aliphatic carbocycles. The zero-order valence-electron chi connectivity index (χ0n) is 39.5. The lowest BCUT2D eigenvalue weighted by molar-refractivity contribution is 1.17. The van der Waals surface area contributed by atoms with Gasteiger partial charge in [0, 0.05) is 33.5 Å². The molecule has 14 aromatic rings. The predicted octanol–water partition coefficient (Wildman–Crippen LogP) is 19.5. The molecule has 1 aromatic heterocycles. The maximum Gasteiger partial charge on any atom is 0.0541 e. The molecule has 72 heavy (non-hydrogen) atoms. The Labute approximate surface area is 418 Å². The Morgan fingerprint density at radius 1 is 0.222 bits per heavy atom. The first-order valence-electron chi connectivity index (χ1n) is 24.8. The lowest BCUT2D eigenvalue weighted by Crippen LogP contribution is -2.10. The number of hydrogen-bond donors (Lipinski definition) is 0. The molecule has 2 heteroatoms. The van der Waals surface area contributed by atoms with Gasteiger partial charge in [-0.25, -0.2) is 0 Å². The lowest BCUT2D eigenvalue weighted by Gasteiger charge is -2.26. The van der Waals surface area contributed by atoms with Crippen molar-refractivity contribution in [1.82, 2.24) is 4.57 Å². The normalized spacial score (nSPS) is 11.6. The van der Waals surface area contributed by atoms with Crippen molar-refractivity contribution in [2.75, 3.05) is 4.90 Å². The van der Waals surface area contributed by atoms with Gasteiger partial charge < -0.3 is 9.47 Å². The van der Waals surface area contributed by atoms with Crippen molar-refractivity contribution in [1.29, 1.82) is 0 Å². The van der Waals surface area contributed by atoms with Crippen LogP contribution in [0.4, 0.5) is 17.1 Å². The molecule has 0 aliphatic rings. The summed E-state index contributed by atoms with van der Waals surface area (Å²) in [6.45, 7) is 0. The molecular formula is C70H46N2. The van der Waals surface area contributed by atoms with Crippen LogP contribution in [0, 0.1) is 0 Å². The molecule has 14 rings (SSSR count). The van der Waals surface area contributed by atoms with Gasteiger partial charge in [0.05, 0.1) is 11.0 Å². The highest BCUT2D eigenvalue weighted by molar-refractivity contribution is 6.25. The summed E-state index contributed by atoms with van der Waals surface area (Å²) in [6, 6.07) is 102. The van der Waals surface area contributed by atoms with E-state index in [1.54, 1.807) is 0 Å². The monoisotopic (exact) mass is 914 g/mol. The van der Waals surface area contributed by atoms with Crippen molar-refractivity contribution in [2.24, 2.45) is 0 Å². The fourth-order valence-corrected chi connectivity index (χ4v) is 11.3. The summed E-state index contributed by atoms with van der Waals surface area (Å²) in [5.74, 6) is 0. The highest BCUT2D eigenvalue weighted by atomic mass is 15.1. The van der Waals surface area contributed by atoms with E-state index >= 15 is 0 Å². The SMILES string of the molecule is c1ccc2c(-c3ccc(-c4ccc(N(c5ccc(-c6ccc(-c7ccc8c9ccccc9c9ccccc9c8c7)cc6)cc5)c5ccc(-n6c7ccccc7c7ccccc76)cc5)cc4)cc3)cccc2c1. The average molecular weight is 915 g/mol. The third-order valence-electron chi connectivity index (χ3n) is 14.8. The highest BCUT2D eigenvalue weighted by Crippen LogP contribution is 2.41. The highest BCUT2D eigenvalue weighted by Gasteiger charge is 2.17. The molecule has 0 atom stereocenters. The molecule has 336 valence electrons. The number of benzene rings is 13. The summed E-state index contributed by atoms with van der Waals surface area (Å²) in [6.07, 6.45) is 0. The van der Waals surface area contributed by atoms with Gasteiger partial charge in [-0.2, -0.15) is 0 Å². The van der Waals surface area contributed by atoms with E-state index < -0.39 is 0 Å². The molecule has 0 saturated heterocycles. The third kappa shape index (κ3) is 7.03. The van der Waals surface area contributed by atoms with Crippen LogP contribution in [-0.2, 0) is 0 Å². The van der Waals surface area contributed by atoms with Crippen LogP contribution in [0.2, 0.25) is 0 Å². The van der Waals surface area contributed by atoms with E-state index in [1.165, 1.54) is 109 Å². The van der Waals surface area contributed by atoms with Crippen LogP contribution in [0.1, 0.15) is 0 Å². The lowest BCUT2D eigenvalue weighted by atomic mass is 9.92. The summed E-state index contributed by atoms with van der Waals surface area (Å²) in [4.78, 5) is 2.36. The number of aromatic nitrogens is 1. The van der Waals surface area contributed by atoms with Gasteiger partial charge >= 0.3 is 0 Å². The maximum absolute atomic E-state index is 2.38. The summed E-state index contributed by atoms with van der Waals surface area (Å²) in [5.41, 5.74) is 16.4. The maximum atomic E-state index is 2.38. The Kier molecular flexibility index (Phi) is 9.89. The fourth-order valence-electron chi connectivity index (χ4n) is 11.3. The Hall–Kier alpha value is -9.50. The minimum atomic E-state index is 1.08. The summed E-state index contributed by atoms with van der Waals surface area (Å²) < 4.78 is 2.38. The van der Waals surface area contributed by atoms with E-state index in [0.717, 1.165) is 22.7 Å².